The molecule has 1 aromatic heterocycles. The van der Waals surface area contributed by atoms with Crippen molar-refractivity contribution in [3.63, 3.8) is 0 Å². The number of carbonyl (C=O) groups excluding carboxylic acids is 1. The van der Waals surface area contributed by atoms with Gasteiger partial charge in [0, 0.05) is 31.6 Å². The van der Waals surface area contributed by atoms with E-state index in [9.17, 15) is 23.1 Å². The lowest BCUT2D eigenvalue weighted by molar-refractivity contribution is -0.137. The molecule has 0 spiro atoms. The van der Waals surface area contributed by atoms with Crippen molar-refractivity contribution in [1.29, 1.82) is 0 Å². The predicted octanol–water partition coefficient (Wildman–Crippen LogP) is 2.43. The van der Waals surface area contributed by atoms with Gasteiger partial charge in [-0.25, -0.2) is 9.97 Å². The van der Waals surface area contributed by atoms with Gasteiger partial charge in [-0.2, -0.15) is 13.2 Å². The number of benzene rings is 1. The van der Waals surface area contributed by atoms with E-state index in [0.29, 0.717) is 18.2 Å². The molecule has 1 atom stereocenters. The summed E-state index contributed by atoms with van der Waals surface area (Å²) in [6, 6.07) is 3.77. The molecule has 8 nitrogen and oxygen atoms in total. The highest BCUT2D eigenvalue weighted by Crippen LogP contribution is 2.33. The van der Waals surface area contributed by atoms with Crippen LogP contribution in [0.3, 0.4) is 0 Å². The Labute approximate surface area is 195 Å². The van der Waals surface area contributed by atoms with Crippen LogP contribution in [0.15, 0.2) is 24.5 Å². The summed E-state index contributed by atoms with van der Waals surface area (Å²) in [5.41, 5.74) is -0.427. The number of aromatic nitrogens is 2. The van der Waals surface area contributed by atoms with Gasteiger partial charge in [0.25, 0.3) is 0 Å². The summed E-state index contributed by atoms with van der Waals surface area (Å²) >= 11 is 0. The highest BCUT2D eigenvalue weighted by atomic mass is 19.4. The second kappa shape index (κ2) is 10.4. The molecule has 1 saturated heterocycles. The maximum Gasteiger partial charge on any atom is 0.416 e. The fraction of sp³-hybridized carbons (Fsp3) is 0.609. The molecule has 2 aliphatic rings. The smallest absolute Gasteiger partial charge is 0.390 e. The van der Waals surface area contributed by atoms with Crippen molar-refractivity contribution in [2.45, 2.75) is 50.0 Å². The minimum absolute atomic E-state index is 0.0464. The van der Waals surface area contributed by atoms with Crippen molar-refractivity contribution in [1.82, 2.24) is 20.2 Å². The fourth-order valence-electron chi connectivity index (χ4n) is 4.88. The molecule has 1 aromatic carbocycles. The van der Waals surface area contributed by atoms with E-state index in [1.807, 2.05) is 0 Å². The number of anilines is 1. The van der Waals surface area contributed by atoms with Crippen molar-refractivity contribution in [2.24, 2.45) is 5.92 Å². The number of likely N-dealkylation sites (tertiary alicyclic amines) is 1. The second-order valence-corrected chi connectivity index (χ2v) is 9.12. The number of fused-ring (bicyclic) bond motifs is 1. The van der Waals surface area contributed by atoms with Gasteiger partial charge in [0.1, 0.15) is 12.1 Å². The number of hydrogen-bond donors (Lipinski definition) is 3. The Morgan fingerprint density at radius 2 is 1.97 bits per heavy atom. The van der Waals surface area contributed by atoms with E-state index in [4.69, 9.17) is 4.74 Å². The molecule has 1 amide bonds. The Morgan fingerprint density at radius 1 is 1.24 bits per heavy atom. The fourth-order valence-corrected chi connectivity index (χ4v) is 4.88. The maximum absolute atomic E-state index is 13.1. The first-order valence-electron chi connectivity index (χ1n) is 11.5. The Bertz CT molecular complexity index is 991. The van der Waals surface area contributed by atoms with Crippen molar-refractivity contribution in [2.75, 3.05) is 38.7 Å². The van der Waals surface area contributed by atoms with Crippen molar-refractivity contribution in [3.8, 4) is 0 Å². The first kappa shape index (κ1) is 24.6. The minimum Gasteiger partial charge on any atom is -0.390 e. The second-order valence-electron chi connectivity index (χ2n) is 9.12. The predicted molar refractivity (Wildman–Crippen MR) is 120 cm³/mol. The van der Waals surface area contributed by atoms with E-state index in [1.54, 1.807) is 7.11 Å². The van der Waals surface area contributed by atoms with Gasteiger partial charge in [-0.1, -0.05) is 0 Å². The van der Waals surface area contributed by atoms with E-state index >= 15 is 0 Å². The first-order chi connectivity index (χ1) is 16.2. The molecule has 1 unspecified atom stereocenters. The van der Waals surface area contributed by atoms with Gasteiger partial charge in [-0.3, -0.25) is 9.69 Å². The van der Waals surface area contributed by atoms with Gasteiger partial charge in [0.2, 0.25) is 5.91 Å². The number of nitrogens with zero attached hydrogens (tertiary/aromatic N) is 3. The lowest BCUT2D eigenvalue weighted by atomic mass is 9.81. The number of halogens is 3. The lowest BCUT2D eigenvalue weighted by Crippen LogP contribution is -2.63. The molecule has 2 heterocycles. The third-order valence-corrected chi connectivity index (χ3v) is 6.79. The van der Waals surface area contributed by atoms with Crippen LogP contribution < -0.4 is 10.6 Å². The SMILES string of the molecule is COCC(O)[C@H]1CC[C@H](N2CC(NC(=O)CNc3ncnc4ccc(C(F)(F)F)cc34)C2)CC1. The monoisotopic (exact) mass is 481 g/mol. The number of nitrogens with one attached hydrogen (secondary N) is 2. The quantitative estimate of drug-likeness (QED) is 0.533. The van der Waals surface area contributed by atoms with Crippen LogP contribution in [0.5, 0.6) is 0 Å². The average Bonchev–Trinajstić information content (AvgIpc) is 2.79. The van der Waals surface area contributed by atoms with Gasteiger partial charge in [-0.15, -0.1) is 0 Å². The van der Waals surface area contributed by atoms with Crippen molar-refractivity contribution < 1.29 is 27.8 Å². The minimum atomic E-state index is -4.47. The molecule has 34 heavy (non-hydrogen) atoms. The maximum atomic E-state index is 13.1. The largest absolute Gasteiger partial charge is 0.416 e. The molecule has 2 fully saturated rings. The molecule has 3 N–H and O–H groups in total. The Morgan fingerprint density at radius 3 is 2.65 bits per heavy atom. The van der Waals surface area contributed by atoms with Gasteiger partial charge in [0.05, 0.1) is 36.4 Å². The standard InChI is InChI=1S/C23H30F3N5O3/c1-34-12-20(32)14-2-5-17(6-3-14)31-10-16(11-31)30-21(33)9-27-22-18-8-15(23(24,25)26)4-7-19(18)28-13-29-22/h4,7-8,13-14,16-17,20,32H,2-3,5-6,9-12H2,1H3,(H,30,33)(H,27,28,29)/t14-,17-,20?. The highest BCUT2D eigenvalue weighted by Gasteiger charge is 2.36. The van der Waals surface area contributed by atoms with Crippen LogP contribution in [0.4, 0.5) is 19.0 Å². The summed E-state index contributed by atoms with van der Waals surface area (Å²) in [6.07, 6.45) is 0.350. The molecule has 2 aromatic rings. The number of aliphatic hydroxyl groups excluding tert-OH is 1. The van der Waals surface area contributed by atoms with Crippen LogP contribution in [-0.2, 0) is 15.7 Å². The van der Waals surface area contributed by atoms with E-state index in [-0.39, 0.29) is 35.6 Å². The number of alkyl halides is 3. The number of aliphatic hydroxyl groups is 1. The van der Waals surface area contributed by atoms with E-state index in [2.05, 4.69) is 25.5 Å². The molecule has 1 aliphatic carbocycles. The zero-order valence-corrected chi connectivity index (χ0v) is 19.0. The van der Waals surface area contributed by atoms with Crippen LogP contribution >= 0.6 is 0 Å². The molecular formula is C23H30F3N5O3. The summed E-state index contributed by atoms with van der Waals surface area (Å²) in [6.45, 7) is 1.82. The van der Waals surface area contributed by atoms with Crippen molar-refractivity contribution in [3.05, 3.63) is 30.1 Å². The topological polar surface area (TPSA) is 99.6 Å². The summed E-state index contributed by atoms with van der Waals surface area (Å²) < 4.78 is 44.2. The number of hydrogen-bond acceptors (Lipinski definition) is 7. The third-order valence-electron chi connectivity index (χ3n) is 6.79. The highest BCUT2D eigenvalue weighted by molar-refractivity contribution is 5.91. The van der Waals surface area contributed by atoms with Crippen molar-refractivity contribution >= 4 is 22.6 Å². The summed E-state index contributed by atoms with van der Waals surface area (Å²) in [5.74, 6) is 0.229. The average molecular weight is 482 g/mol. The molecule has 0 bridgehead atoms. The zero-order valence-electron chi connectivity index (χ0n) is 19.0. The summed E-state index contributed by atoms with van der Waals surface area (Å²) in [7, 11) is 1.60. The summed E-state index contributed by atoms with van der Waals surface area (Å²) in [4.78, 5) is 22.8. The van der Waals surface area contributed by atoms with Crippen LogP contribution in [-0.4, -0.2) is 77.4 Å². The van der Waals surface area contributed by atoms with Crippen LogP contribution in [0.1, 0.15) is 31.2 Å². The van der Waals surface area contributed by atoms with Crippen LogP contribution in [0, 0.1) is 5.92 Å². The normalized spacial score (nSPS) is 22.9. The van der Waals surface area contributed by atoms with E-state index in [0.717, 1.165) is 50.9 Å². The molecule has 11 heteroatoms. The van der Waals surface area contributed by atoms with Gasteiger partial charge in [0.15, 0.2) is 0 Å². The van der Waals surface area contributed by atoms with Gasteiger partial charge >= 0.3 is 6.18 Å². The van der Waals surface area contributed by atoms with E-state index in [1.165, 1.54) is 12.4 Å². The zero-order chi connectivity index (χ0) is 24.3. The number of amides is 1. The summed E-state index contributed by atoms with van der Waals surface area (Å²) in [5, 5.41) is 16.1. The van der Waals surface area contributed by atoms with Gasteiger partial charge in [-0.05, 0) is 49.8 Å². The number of methoxy groups -OCH3 is 1. The number of carbonyl (C=O) groups is 1. The third kappa shape index (κ3) is 5.76. The molecule has 1 saturated carbocycles. The molecule has 4 rings (SSSR count). The molecule has 186 valence electrons. The lowest BCUT2D eigenvalue weighted by Gasteiger charge is -2.47. The van der Waals surface area contributed by atoms with Crippen LogP contribution in [0.2, 0.25) is 0 Å². The van der Waals surface area contributed by atoms with Crippen LogP contribution in [0.25, 0.3) is 10.9 Å². The number of ether oxygens (including phenoxy) is 1. The molecule has 0 radical (unpaired) electrons. The molecular weight excluding hydrogens is 451 g/mol. The Hall–Kier alpha value is -2.50. The Kier molecular flexibility index (Phi) is 7.54. The molecule has 1 aliphatic heterocycles. The first-order valence-corrected chi connectivity index (χ1v) is 11.5. The van der Waals surface area contributed by atoms with E-state index < -0.39 is 17.8 Å². The van der Waals surface area contributed by atoms with Gasteiger partial charge < -0.3 is 20.5 Å². The number of rotatable bonds is 8. The Balaban J connectivity index is 1.23.